The number of halogens is 2. The van der Waals surface area contributed by atoms with Crippen molar-refractivity contribution < 1.29 is 13.6 Å². The minimum Gasteiger partial charge on any atom is -0.326 e. The monoisotopic (exact) mass is 215 g/mol. The molecule has 15 heavy (non-hydrogen) atoms. The van der Waals surface area contributed by atoms with Gasteiger partial charge in [0.25, 0.3) is 0 Å². The van der Waals surface area contributed by atoms with Crippen LogP contribution in [0.2, 0.25) is 0 Å². The van der Waals surface area contributed by atoms with Crippen LogP contribution in [0, 0.1) is 5.92 Å². The third kappa shape index (κ3) is 3.46. The highest BCUT2D eigenvalue weighted by atomic mass is 19.3. The fourth-order valence-electron chi connectivity index (χ4n) is 1.71. The van der Waals surface area contributed by atoms with Gasteiger partial charge < -0.3 is 5.32 Å². The number of allylic oxidation sites excluding steroid dienone is 1. The fraction of sp³-hybridized carbons (Fsp3) is 0.545. The highest BCUT2D eigenvalue weighted by Gasteiger charge is 2.39. The number of rotatable bonds is 3. The molecule has 1 rings (SSSR count). The first-order valence-electron chi connectivity index (χ1n) is 4.94. The minimum atomic E-state index is -2.70. The molecule has 0 heterocycles. The zero-order chi connectivity index (χ0) is 11.5. The first-order valence-corrected chi connectivity index (χ1v) is 4.94. The van der Waals surface area contributed by atoms with Gasteiger partial charge in [-0.1, -0.05) is 13.2 Å². The van der Waals surface area contributed by atoms with Gasteiger partial charge in [0.15, 0.2) is 0 Å². The van der Waals surface area contributed by atoms with E-state index >= 15 is 0 Å². The second-order valence-electron chi connectivity index (χ2n) is 3.87. The van der Waals surface area contributed by atoms with E-state index in [-0.39, 0.29) is 18.7 Å². The average molecular weight is 215 g/mol. The largest absolute Gasteiger partial charge is 0.326 e. The second-order valence-corrected chi connectivity index (χ2v) is 3.87. The van der Waals surface area contributed by atoms with Crippen molar-refractivity contribution in [1.29, 1.82) is 0 Å². The van der Waals surface area contributed by atoms with Gasteiger partial charge in [-0.05, 0) is 18.9 Å². The Morgan fingerprint density at radius 1 is 1.53 bits per heavy atom. The van der Waals surface area contributed by atoms with Gasteiger partial charge in [-0.25, -0.2) is 8.78 Å². The third-order valence-corrected chi connectivity index (χ3v) is 2.54. The molecule has 0 radical (unpaired) electrons. The van der Waals surface area contributed by atoms with Crippen molar-refractivity contribution in [2.24, 2.45) is 5.92 Å². The number of alkyl halides is 2. The maximum absolute atomic E-state index is 13.0. The van der Waals surface area contributed by atoms with E-state index in [0.29, 0.717) is 18.5 Å². The van der Waals surface area contributed by atoms with Crippen molar-refractivity contribution in [2.45, 2.75) is 31.6 Å². The van der Waals surface area contributed by atoms with Gasteiger partial charge in [0.2, 0.25) is 11.8 Å². The normalized spacial score (nSPS) is 24.3. The van der Waals surface area contributed by atoms with E-state index in [2.05, 4.69) is 18.5 Å². The van der Waals surface area contributed by atoms with E-state index in [4.69, 9.17) is 0 Å². The number of carbonyl (C=O) groups excluding carboxylic acids is 1. The Kier molecular flexibility index (Phi) is 3.61. The molecule has 0 aliphatic heterocycles. The van der Waals surface area contributed by atoms with Crippen LogP contribution in [-0.4, -0.2) is 11.8 Å². The summed E-state index contributed by atoms with van der Waals surface area (Å²) in [6.07, 6.45) is 1.83. The van der Waals surface area contributed by atoms with E-state index in [1.165, 1.54) is 6.08 Å². The van der Waals surface area contributed by atoms with E-state index < -0.39 is 11.8 Å². The molecule has 0 bridgehead atoms. The Balaban J connectivity index is 2.53. The van der Waals surface area contributed by atoms with Gasteiger partial charge in [-0.15, -0.1) is 0 Å². The predicted molar refractivity (Wildman–Crippen MR) is 54.4 cm³/mol. The van der Waals surface area contributed by atoms with Crippen molar-refractivity contribution >= 4 is 5.91 Å². The fourth-order valence-corrected chi connectivity index (χ4v) is 1.71. The second kappa shape index (κ2) is 4.55. The van der Waals surface area contributed by atoms with E-state index in [1.54, 1.807) is 0 Å². The molecule has 1 saturated carbocycles. The lowest BCUT2D eigenvalue weighted by Crippen LogP contribution is -2.36. The Morgan fingerprint density at radius 3 is 2.73 bits per heavy atom. The maximum atomic E-state index is 13.0. The Hall–Kier alpha value is -1.19. The molecule has 0 unspecified atom stereocenters. The molecule has 0 aromatic rings. The highest BCUT2D eigenvalue weighted by molar-refractivity contribution is 5.80. The van der Waals surface area contributed by atoms with Gasteiger partial charge in [-0.3, -0.25) is 4.79 Å². The first-order chi connectivity index (χ1) is 6.94. The van der Waals surface area contributed by atoms with Crippen LogP contribution in [0.25, 0.3) is 0 Å². The SMILES string of the molecule is C=CC(=C)NC(=O)[C@H]1CCCC(F)(F)C1. The topological polar surface area (TPSA) is 29.1 Å². The van der Waals surface area contributed by atoms with Gasteiger partial charge >= 0.3 is 0 Å². The van der Waals surface area contributed by atoms with Crippen molar-refractivity contribution in [3.63, 3.8) is 0 Å². The lowest BCUT2D eigenvalue weighted by molar-refractivity contribution is -0.131. The smallest absolute Gasteiger partial charge is 0.248 e. The standard InChI is InChI=1S/C11H15F2NO/c1-3-8(2)14-10(15)9-5-4-6-11(12,13)7-9/h3,9H,1-2,4-7H2,(H,14,15)/t9-/m0/s1. The average Bonchev–Trinajstić information content (AvgIpc) is 2.16. The number of hydrogen-bond acceptors (Lipinski definition) is 1. The van der Waals surface area contributed by atoms with E-state index in [0.717, 1.165) is 0 Å². The van der Waals surface area contributed by atoms with Gasteiger partial charge in [0.1, 0.15) is 0 Å². The molecule has 1 N–H and O–H groups in total. The van der Waals surface area contributed by atoms with Crippen LogP contribution in [0.1, 0.15) is 25.7 Å². The molecular weight excluding hydrogens is 200 g/mol. The van der Waals surface area contributed by atoms with Gasteiger partial charge in [0, 0.05) is 24.5 Å². The number of carbonyl (C=O) groups is 1. The highest BCUT2D eigenvalue weighted by Crippen LogP contribution is 2.36. The van der Waals surface area contributed by atoms with Crippen molar-refractivity contribution in [1.82, 2.24) is 5.32 Å². The molecule has 1 aliphatic carbocycles. The predicted octanol–water partition coefficient (Wildman–Crippen LogP) is 2.63. The molecule has 1 amide bonds. The molecule has 2 nitrogen and oxygen atoms in total. The zero-order valence-corrected chi connectivity index (χ0v) is 8.56. The van der Waals surface area contributed by atoms with Crippen LogP contribution in [0.4, 0.5) is 8.78 Å². The van der Waals surface area contributed by atoms with Crippen LogP contribution in [-0.2, 0) is 4.79 Å². The Labute approximate surface area is 88.0 Å². The molecule has 84 valence electrons. The molecule has 1 aliphatic rings. The van der Waals surface area contributed by atoms with E-state index in [9.17, 15) is 13.6 Å². The minimum absolute atomic E-state index is 0.112. The summed E-state index contributed by atoms with van der Waals surface area (Å²) in [4.78, 5) is 11.5. The molecule has 1 atom stereocenters. The Morgan fingerprint density at radius 2 is 2.20 bits per heavy atom. The summed E-state index contributed by atoms with van der Waals surface area (Å²) in [5.74, 6) is -3.68. The van der Waals surface area contributed by atoms with Crippen LogP contribution < -0.4 is 5.32 Å². The molecule has 1 fully saturated rings. The van der Waals surface area contributed by atoms with Crippen molar-refractivity contribution in [3.8, 4) is 0 Å². The molecular formula is C11H15F2NO. The molecule has 0 saturated heterocycles. The summed E-state index contributed by atoms with van der Waals surface area (Å²) in [7, 11) is 0. The summed E-state index contributed by atoms with van der Waals surface area (Å²) in [6.45, 7) is 6.93. The summed E-state index contributed by atoms with van der Waals surface area (Å²) >= 11 is 0. The summed E-state index contributed by atoms with van der Waals surface area (Å²) in [5, 5.41) is 2.45. The lowest BCUT2D eigenvalue weighted by atomic mass is 9.86. The molecule has 4 heteroatoms. The van der Waals surface area contributed by atoms with Gasteiger partial charge in [0.05, 0.1) is 0 Å². The van der Waals surface area contributed by atoms with Crippen LogP contribution in [0.5, 0.6) is 0 Å². The maximum Gasteiger partial charge on any atom is 0.248 e. The van der Waals surface area contributed by atoms with Crippen LogP contribution >= 0.6 is 0 Å². The number of nitrogens with one attached hydrogen (secondary N) is 1. The summed E-state index contributed by atoms with van der Waals surface area (Å²) in [6, 6.07) is 0. The van der Waals surface area contributed by atoms with Gasteiger partial charge in [-0.2, -0.15) is 0 Å². The van der Waals surface area contributed by atoms with Crippen molar-refractivity contribution in [2.75, 3.05) is 0 Å². The molecule has 0 spiro atoms. The van der Waals surface area contributed by atoms with E-state index in [1.807, 2.05) is 0 Å². The Bertz CT molecular complexity index is 286. The summed E-state index contributed by atoms with van der Waals surface area (Å²) < 4.78 is 26.0. The number of amides is 1. The molecule has 0 aromatic heterocycles. The lowest BCUT2D eigenvalue weighted by Gasteiger charge is -2.27. The zero-order valence-electron chi connectivity index (χ0n) is 8.56. The first kappa shape index (κ1) is 11.9. The third-order valence-electron chi connectivity index (χ3n) is 2.54. The summed E-state index contributed by atoms with van der Waals surface area (Å²) in [5.41, 5.74) is 0.355. The van der Waals surface area contributed by atoms with Crippen LogP contribution in [0.15, 0.2) is 24.9 Å². The van der Waals surface area contributed by atoms with Crippen LogP contribution in [0.3, 0.4) is 0 Å². The van der Waals surface area contributed by atoms with Crippen molar-refractivity contribution in [3.05, 3.63) is 24.9 Å². The molecule has 0 aromatic carbocycles. The quantitative estimate of drug-likeness (QED) is 0.720. The number of hydrogen-bond donors (Lipinski definition) is 1.